The van der Waals surface area contributed by atoms with E-state index in [2.05, 4.69) is 38.2 Å². The summed E-state index contributed by atoms with van der Waals surface area (Å²) in [6.45, 7) is 9.68. The monoisotopic (exact) mass is 667 g/mol. The maximum Gasteiger partial charge on any atom is 0.289 e. The zero-order valence-corrected chi connectivity index (χ0v) is 29.0. The molecule has 3 aliphatic rings. The Morgan fingerprint density at radius 2 is 1.60 bits per heavy atom. The van der Waals surface area contributed by atoms with E-state index in [9.17, 15) is 28.8 Å². The second-order valence-electron chi connectivity index (χ2n) is 14.3. The van der Waals surface area contributed by atoms with Crippen LogP contribution in [0.25, 0.3) is 0 Å². The average molecular weight is 668 g/mol. The van der Waals surface area contributed by atoms with E-state index >= 15 is 0 Å². The standard InChI is InChI=1S/C35H53N7O6/c1-6-7-8-9-13-25(30(43)34(47)38-23-14-15-23)39-33(46)29-24-12-10-11-22(24)19-42(29)35(48)28(21(4)5)41-32(45)27(20(2)3)40-31(44)26-18-36-16-17-37-26/h16-18,20-25,27-29H,6-15,19H2,1-5H3,(H,38,47)(H,39,46)(H,40,44)(H,41,45)/t22-,24-,25?,27?,28?,29-/m0/s1. The number of unbranched alkanes of at least 4 members (excludes halogenated alkanes) is 3. The quantitative estimate of drug-likeness (QED) is 0.144. The molecule has 0 aromatic carbocycles. The summed E-state index contributed by atoms with van der Waals surface area (Å²) in [5.41, 5.74) is 0.0667. The summed E-state index contributed by atoms with van der Waals surface area (Å²) in [5, 5.41) is 11.2. The highest BCUT2D eigenvalue weighted by Crippen LogP contribution is 2.42. The number of carbonyl (C=O) groups is 6. The first kappa shape index (κ1) is 36.9. The summed E-state index contributed by atoms with van der Waals surface area (Å²) in [5.74, 6) is -3.80. The number of fused-ring (bicyclic) bond motifs is 1. The minimum Gasteiger partial charge on any atom is -0.347 e. The first-order chi connectivity index (χ1) is 22.9. The molecular weight excluding hydrogens is 614 g/mol. The lowest BCUT2D eigenvalue weighted by atomic mass is 9.92. The Labute approximate surface area is 283 Å². The molecule has 4 N–H and O–H groups in total. The molecule has 2 heterocycles. The molecule has 48 heavy (non-hydrogen) atoms. The Balaban J connectivity index is 1.50. The number of likely N-dealkylation sites (tertiary alicyclic amines) is 1. The number of Topliss-reactive ketones (excluding diaryl/α,β-unsaturated/α-hetero) is 1. The summed E-state index contributed by atoms with van der Waals surface area (Å²) in [7, 11) is 0. The molecule has 3 fully saturated rings. The van der Waals surface area contributed by atoms with Crippen LogP contribution in [0.5, 0.6) is 0 Å². The normalized spacial score (nSPS) is 22.1. The predicted octanol–water partition coefficient (Wildman–Crippen LogP) is 2.30. The highest BCUT2D eigenvalue weighted by Gasteiger charge is 2.51. The summed E-state index contributed by atoms with van der Waals surface area (Å²) in [6.07, 6.45) is 12.3. The summed E-state index contributed by atoms with van der Waals surface area (Å²) >= 11 is 0. The molecular formula is C35H53N7O6. The van der Waals surface area contributed by atoms with Gasteiger partial charge in [0.15, 0.2) is 0 Å². The van der Waals surface area contributed by atoms with E-state index in [1.54, 1.807) is 18.7 Å². The molecule has 2 saturated carbocycles. The lowest BCUT2D eigenvalue weighted by molar-refractivity contribution is -0.145. The third-order valence-corrected chi connectivity index (χ3v) is 9.82. The fourth-order valence-electron chi connectivity index (χ4n) is 6.91. The molecule has 1 aliphatic heterocycles. The van der Waals surface area contributed by atoms with Crippen molar-refractivity contribution in [3.8, 4) is 0 Å². The van der Waals surface area contributed by atoms with Crippen LogP contribution in [-0.2, 0) is 24.0 Å². The van der Waals surface area contributed by atoms with E-state index in [1.807, 2.05) is 13.8 Å². The van der Waals surface area contributed by atoms with Crippen molar-refractivity contribution < 1.29 is 28.8 Å². The van der Waals surface area contributed by atoms with Crippen molar-refractivity contribution in [1.29, 1.82) is 0 Å². The Morgan fingerprint density at radius 3 is 2.23 bits per heavy atom. The molecule has 3 unspecified atom stereocenters. The van der Waals surface area contributed by atoms with Crippen molar-refractivity contribution >= 4 is 35.3 Å². The minimum absolute atomic E-state index is 0.0129. The van der Waals surface area contributed by atoms with E-state index in [0.717, 1.165) is 51.4 Å². The minimum atomic E-state index is -0.976. The number of nitrogens with one attached hydrogen (secondary N) is 4. The molecule has 2 aliphatic carbocycles. The van der Waals surface area contributed by atoms with Gasteiger partial charge in [0.05, 0.1) is 12.2 Å². The van der Waals surface area contributed by atoms with Crippen molar-refractivity contribution in [3.05, 3.63) is 24.3 Å². The van der Waals surface area contributed by atoms with Crippen LogP contribution < -0.4 is 21.3 Å². The Kier molecular flexibility index (Phi) is 13.1. The van der Waals surface area contributed by atoms with Gasteiger partial charge >= 0.3 is 0 Å². The van der Waals surface area contributed by atoms with Gasteiger partial charge in [-0.3, -0.25) is 33.8 Å². The molecule has 6 atom stereocenters. The smallest absolute Gasteiger partial charge is 0.289 e. The fourth-order valence-corrected chi connectivity index (χ4v) is 6.91. The highest BCUT2D eigenvalue weighted by atomic mass is 16.2. The van der Waals surface area contributed by atoms with Crippen LogP contribution in [0.15, 0.2) is 18.6 Å². The van der Waals surface area contributed by atoms with Crippen molar-refractivity contribution in [2.45, 2.75) is 129 Å². The van der Waals surface area contributed by atoms with Crippen LogP contribution in [-0.4, -0.2) is 86.9 Å². The van der Waals surface area contributed by atoms with Crippen LogP contribution in [0.1, 0.15) is 109 Å². The van der Waals surface area contributed by atoms with E-state index in [1.165, 1.54) is 18.6 Å². The van der Waals surface area contributed by atoms with Crippen molar-refractivity contribution in [2.75, 3.05) is 6.54 Å². The van der Waals surface area contributed by atoms with Gasteiger partial charge in [-0.05, 0) is 55.8 Å². The van der Waals surface area contributed by atoms with Gasteiger partial charge < -0.3 is 26.2 Å². The van der Waals surface area contributed by atoms with Crippen LogP contribution in [0, 0.1) is 23.7 Å². The first-order valence-corrected chi connectivity index (χ1v) is 17.8. The molecule has 4 rings (SSSR count). The number of aromatic nitrogens is 2. The molecule has 13 heteroatoms. The highest BCUT2D eigenvalue weighted by molar-refractivity contribution is 6.38. The predicted molar refractivity (Wildman–Crippen MR) is 178 cm³/mol. The molecule has 13 nitrogen and oxygen atoms in total. The summed E-state index contributed by atoms with van der Waals surface area (Å²) in [4.78, 5) is 90.4. The maximum absolute atomic E-state index is 14.3. The van der Waals surface area contributed by atoms with Gasteiger partial charge in [-0.1, -0.05) is 66.7 Å². The number of ketones is 1. The van der Waals surface area contributed by atoms with E-state index in [-0.39, 0.29) is 41.3 Å². The van der Waals surface area contributed by atoms with Crippen LogP contribution in [0.2, 0.25) is 0 Å². The second kappa shape index (κ2) is 17.0. The third-order valence-electron chi connectivity index (χ3n) is 9.82. The van der Waals surface area contributed by atoms with Crippen LogP contribution >= 0.6 is 0 Å². The van der Waals surface area contributed by atoms with E-state index in [4.69, 9.17) is 0 Å². The van der Waals surface area contributed by atoms with Crippen molar-refractivity contribution in [1.82, 2.24) is 36.1 Å². The molecule has 1 aromatic heterocycles. The van der Waals surface area contributed by atoms with E-state index in [0.29, 0.717) is 19.4 Å². The Hall–Kier alpha value is -3.90. The molecule has 5 amide bonds. The number of rotatable bonds is 17. The number of nitrogens with zero attached hydrogens (tertiary/aromatic N) is 3. The van der Waals surface area contributed by atoms with Gasteiger partial charge in [0.25, 0.3) is 11.8 Å². The van der Waals surface area contributed by atoms with Crippen molar-refractivity contribution in [2.24, 2.45) is 23.7 Å². The number of hydrogen-bond acceptors (Lipinski definition) is 8. The van der Waals surface area contributed by atoms with Gasteiger partial charge in [-0.15, -0.1) is 0 Å². The van der Waals surface area contributed by atoms with E-state index < -0.39 is 53.6 Å². The number of amides is 5. The molecule has 264 valence electrons. The first-order valence-electron chi connectivity index (χ1n) is 17.8. The second-order valence-corrected chi connectivity index (χ2v) is 14.3. The fraction of sp³-hybridized carbons (Fsp3) is 0.714. The lowest BCUT2D eigenvalue weighted by Gasteiger charge is -2.34. The third kappa shape index (κ3) is 9.37. The van der Waals surface area contributed by atoms with Gasteiger partial charge in [0, 0.05) is 25.0 Å². The van der Waals surface area contributed by atoms with Gasteiger partial charge in [-0.25, -0.2) is 4.98 Å². The van der Waals surface area contributed by atoms with Gasteiger partial charge in [0.1, 0.15) is 23.8 Å². The van der Waals surface area contributed by atoms with Crippen LogP contribution in [0.3, 0.4) is 0 Å². The number of carbonyl (C=O) groups excluding carboxylic acids is 6. The number of hydrogen-bond donors (Lipinski definition) is 4. The molecule has 0 bridgehead atoms. The zero-order chi connectivity index (χ0) is 35.0. The largest absolute Gasteiger partial charge is 0.347 e. The SMILES string of the molecule is CCCCCCC(NC(=O)[C@@H]1[C@H]2CCC[C@H]2CN1C(=O)C(NC(=O)C(NC(=O)c1cnccn1)C(C)C)C(C)C)C(=O)C(=O)NC1CC1. The molecule has 0 radical (unpaired) electrons. The Bertz CT molecular complexity index is 1320. The molecule has 1 aromatic rings. The van der Waals surface area contributed by atoms with Crippen molar-refractivity contribution in [3.63, 3.8) is 0 Å². The lowest BCUT2D eigenvalue weighted by Crippen LogP contribution is -2.60. The van der Waals surface area contributed by atoms with Gasteiger partial charge in [0.2, 0.25) is 23.5 Å². The molecule has 1 saturated heterocycles. The maximum atomic E-state index is 14.3. The Morgan fingerprint density at radius 1 is 0.875 bits per heavy atom. The summed E-state index contributed by atoms with van der Waals surface area (Å²) < 4.78 is 0. The topological polar surface area (TPSA) is 180 Å². The zero-order valence-electron chi connectivity index (χ0n) is 29.0. The van der Waals surface area contributed by atoms with Gasteiger partial charge in [-0.2, -0.15) is 0 Å². The average Bonchev–Trinajstić information content (AvgIpc) is 3.63. The molecule has 0 spiro atoms. The summed E-state index contributed by atoms with van der Waals surface area (Å²) in [6, 6.07) is -3.70. The van der Waals surface area contributed by atoms with Crippen LogP contribution in [0.4, 0.5) is 0 Å².